The predicted octanol–water partition coefficient (Wildman–Crippen LogP) is 4.11. The van der Waals surface area contributed by atoms with Crippen molar-refractivity contribution in [1.29, 1.82) is 0 Å². The number of rotatable bonds is 5. The maximum Gasteiger partial charge on any atom is 0.252 e. The second-order valence-corrected chi connectivity index (χ2v) is 6.91. The molecule has 0 radical (unpaired) electrons. The molecule has 1 aliphatic heterocycles. The van der Waals surface area contributed by atoms with Gasteiger partial charge in [0, 0.05) is 12.7 Å². The Bertz CT molecular complexity index is 846. The predicted molar refractivity (Wildman–Crippen MR) is 98.7 cm³/mol. The van der Waals surface area contributed by atoms with Crippen LogP contribution in [0.15, 0.2) is 53.2 Å². The van der Waals surface area contributed by atoms with Crippen LogP contribution in [0.2, 0.25) is 0 Å². The van der Waals surface area contributed by atoms with E-state index in [-0.39, 0.29) is 12.0 Å². The molecule has 0 spiro atoms. The fourth-order valence-corrected chi connectivity index (χ4v) is 3.84. The Morgan fingerprint density at radius 2 is 2.24 bits per heavy atom. The molecule has 128 valence electrons. The van der Waals surface area contributed by atoms with Crippen molar-refractivity contribution in [2.45, 2.75) is 18.9 Å². The zero-order valence-corrected chi connectivity index (χ0v) is 14.4. The lowest BCUT2D eigenvalue weighted by atomic mass is 10.2. The number of hydrogen-bond donors (Lipinski definition) is 0. The maximum absolute atomic E-state index is 12.8. The number of anilines is 1. The lowest BCUT2D eigenvalue weighted by Gasteiger charge is -2.21. The van der Waals surface area contributed by atoms with Crippen molar-refractivity contribution in [3.8, 4) is 0 Å². The molecule has 1 aromatic carbocycles. The van der Waals surface area contributed by atoms with E-state index in [0.29, 0.717) is 17.4 Å². The number of hydrogen-bond acceptors (Lipinski definition) is 5. The Morgan fingerprint density at radius 1 is 1.32 bits per heavy atom. The van der Waals surface area contributed by atoms with Gasteiger partial charge in [-0.2, -0.15) is 0 Å². The summed E-state index contributed by atoms with van der Waals surface area (Å²) in [7, 11) is 0. The number of para-hydroxylation sites is 1. The molecule has 3 heterocycles. The van der Waals surface area contributed by atoms with Gasteiger partial charge in [0.15, 0.2) is 5.13 Å². The van der Waals surface area contributed by atoms with Crippen LogP contribution in [0.25, 0.3) is 16.3 Å². The average Bonchev–Trinajstić information content (AvgIpc) is 3.38. The molecule has 0 N–H and O–H groups in total. The Labute approximate surface area is 149 Å². The summed E-state index contributed by atoms with van der Waals surface area (Å²) in [6.07, 6.45) is 6.86. The molecule has 1 aliphatic rings. The van der Waals surface area contributed by atoms with Crippen molar-refractivity contribution in [3.05, 3.63) is 54.5 Å². The van der Waals surface area contributed by atoms with E-state index in [0.717, 1.165) is 29.7 Å². The second kappa shape index (κ2) is 7.21. The molecule has 0 aliphatic carbocycles. The highest BCUT2D eigenvalue weighted by atomic mass is 32.1. The van der Waals surface area contributed by atoms with Crippen molar-refractivity contribution in [2.75, 3.05) is 18.1 Å². The molecule has 1 atom stereocenters. The Kier molecular flexibility index (Phi) is 4.63. The third kappa shape index (κ3) is 3.65. The molecule has 1 fully saturated rings. The summed E-state index contributed by atoms with van der Waals surface area (Å²) in [6, 6.07) is 11.5. The number of furan rings is 1. The summed E-state index contributed by atoms with van der Waals surface area (Å²) in [6.45, 7) is 1.27. The number of fused-ring (bicyclic) bond motifs is 1. The first-order chi connectivity index (χ1) is 12.3. The van der Waals surface area contributed by atoms with Gasteiger partial charge in [-0.25, -0.2) is 4.98 Å². The lowest BCUT2D eigenvalue weighted by molar-refractivity contribution is -0.114. The van der Waals surface area contributed by atoms with Crippen LogP contribution in [-0.4, -0.2) is 30.1 Å². The molecule has 2 aromatic heterocycles. The first-order valence-electron chi connectivity index (χ1n) is 8.30. The molecule has 1 amide bonds. The lowest BCUT2D eigenvalue weighted by Crippen LogP contribution is -2.36. The van der Waals surface area contributed by atoms with Crippen LogP contribution in [0.4, 0.5) is 5.13 Å². The van der Waals surface area contributed by atoms with Gasteiger partial charge in [-0.05, 0) is 43.2 Å². The van der Waals surface area contributed by atoms with Gasteiger partial charge >= 0.3 is 0 Å². The highest BCUT2D eigenvalue weighted by Crippen LogP contribution is 2.30. The number of ether oxygens (including phenoxy) is 1. The third-order valence-corrected chi connectivity index (χ3v) is 5.18. The van der Waals surface area contributed by atoms with Crippen LogP contribution in [0.1, 0.15) is 18.6 Å². The van der Waals surface area contributed by atoms with E-state index in [1.807, 2.05) is 30.3 Å². The number of thiazole rings is 1. The number of nitrogens with zero attached hydrogens (tertiary/aromatic N) is 2. The molecule has 0 saturated carbocycles. The Morgan fingerprint density at radius 3 is 3.00 bits per heavy atom. The molecule has 6 heteroatoms. The molecule has 4 rings (SSSR count). The molecule has 5 nitrogen and oxygen atoms in total. The standard InChI is InChI=1S/C19H18N2O3S/c22-18(10-9-14-5-3-11-23-14)21(13-15-6-4-12-24-15)19-20-16-7-1-2-8-17(16)25-19/h1-3,5,7-11,15H,4,6,12-13H2/b10-9+/t15-/m0/s1. The number of aromatic nitrogens is 1. The first kappa shape index (κ1) is 16.1. The van der Waals surface area contributed by atoms with Gasteiger partial charge in [0.2, 0.25) is 0 Å². The molecule has 0 unspecified atom stereocenters. The van der Waals surface area contributed by atoms with Crippen LogP contribution in [0.5, 0.6) is 0 Å². The smallest absolute Gasteiger partial charge is 0.252 e. The minimum absolute atomic E-state index is 0.0629. The fraction of sp³-hybridized carbons (Fsp3) is 0.263. The van der Waals surface area contributed by atoms with Crippen LogP contribution < -0.4 is 4.90 Å². The summed E-state index contributed by atoms with van der Waals surface area (Å²) < 4.78 is 12.0. The van der Waals surface area contributed by atoms with Crippen LogP contribution in [0.3, 0.4) is 0 Å². The van der Waals surface area contributed by atoms with Crippen LogP contribution in [0, 0.1) is 0 Å². The summed E-state index contributed by atoms with van der Waals surface area (Å²) in [5.74, 6) is 0.528. The van der Waals surface area contributed by atoms with E-state index in [1.165, 1.54) is 17.4 Å². The van der Waals surface area contributed by atoms with E-state index in [9.17, 15) is 4.79 Å². The zero-order valence-electron chi connectivity index (χ0n) is 13.6. The van der Waals surface area contributed by atoms with E-state index < -0.39 is 0 Å². The number of amides is 1. The summed E-state index contributed by atoms with van der Waals surface area (Å²) in [5.41, 5.74) is 0.905. The summed E-state index contributed by atoms with van der Waals surface area (Å²) in [4.78, 5) is 19.2. The average molecular weight is 354 g/mol. The first-order valence-corrected chi connectivity index (χ1v) is 9.11. The van der Waals surface area contributed by atoms with Gasteiger partial charge in [-0.1, -0.05) is 23.5 Å². The topological polar surface area (TPSA) is 55.6 Å². The quantitative estimate of drug-likeness (QED) is 0.647. The minimum atomic E-state index is -0.119. The SMILES string of the molecule is O=C(/C=C/c1ccco1)N(C[C@@H]1CCCO1)c1nc2ccccc2s1. The van der Waals surface area contributed by atoms with Gasteiger partial charge in [0.25, 0.3) is 5.91 Å². The van der Waals surface area contributed by atoms with Crippen molar-refractivity contribution in [3.63, 3.8) is 0 Å². The number of benzene rings is 1. The van der Waals surface area contributed by atoms with Crippen molar-refractivity contribution in [1.82, 2.24) is 4.98 Å². The van der Waals surface area contributed by atoms with E-state index >= 15 is 0 Å². The third-order valence-electron chi connectivity index (χ3n) is 4.12. The van der Waals surface area contributed by atoms with Crippen molar-refractivity contribution >= 4 is 38.7 Å². The summed E-state index contributed by atoms with van der Waals surface area (Å²) in [5, 5.41) is 0.700. The second-order valence-electron chi connectivity index (χ2n) is 5.90. The van der Waals surface area contributed by atoms with Gasteiger partial charge in [-0.3, -0.25) is 9.69 Å². The van der Waals surface area contributed by atoms with E-state index in [1.54, 1.807) is 23.3 Å². The van der Waals surface area contributed by atoms with Gasteiger partial charge in [0.05, 0.1) is 29.1 Å². The summed E-state index contributed by atoms with van der Waals surface area (Å²) >= 11 is 1.52. The van der Waals surface area contributed by atoms with Crippen molar-refractivity contribution in [2.24, 2.45) is 0 Å². The fourth-order valence-electron chi connectivity index (χ4n) is 2.86. The highest BCUT2D eigenvalue weighted by molar-refractivity contribution is 7.22. The normalized spacial score (nSPS) is 17.5. The molecular formula is C19H18N2O3S. The Balaban J connectivity index is 1.61. The maximum atomic E-state index is 12.8. The van der Waals surface area contributed by atoms with Gasteiger partial charge in [0.1, 0.15) is 5.76 Å². The zero-order chi connectivity index (χ0) is 17.1. The molecule has 0 bridgehead atoms. The van der Waals surface area contributed by atoms with Crippen LogP contribution in [-0.2, 0) is 9.53 Å². The highest BCUT2D eigenvalue weighted by Gasteiger charge is 2.25. The largest absolute Gasteiger partial charge is 0.465 e. The molecular weight excluding hydrogens is 336 g/mol. The van der Waals surface area contributed by atoms with Crippen molar-refractivity contribution < 1.29 is 13.9 Å². The number of carbonyl (C=O) groups excluding carboxylic acids is 1. The Hall–Kier alpha value is -2.44. The molecule has 3 aromatic rings. The number of carbonyl (C=O) groups is 1. The van der Waals surface area contributed by atoms with E-state index in [4.69, 9.17) is 9.15 Å². The monoisotopic (exact) mass is 354 g/mol. The minimum Gasteiger partial charge on any atom is -0.465 e. The van der Waals surface area contributed by atoms with Crippen LogP contribution >= 0.6 is 11.3 Å². The van der Waals surface area contributed by atoms with Gasteiger partial charge < -0.3 is 9.15 Å². The molecule has 1 saturated heterocycles. The molecule has 25 heavy (non-hydrogen) atoms. The van der Waals surface area contributed by atoms with Gasteiger partial charge in [-0.15, -0.1) is 0 Å². The van der Waals surface area contributed by atoms with E-state index in [2.05, 4.69) is 4.98 Å².